The zero-order valence-corrected chi connectivity index (χ0v) is 12.7. The van der Waals surface area contributed by atoms with Crippen LogP contribution in [0, 0.1) is 2.88 Å². The Kier molecular flexibility index (Phi) is 4.10. The molecule has 0 bridgehead atoms. The maximum absolute atomic E-state index is 11.9. The van der Waals surface area contributed by atoms with Gasteiger partial charge in [0.25, 0.3) is 0 Å². The molecule has 0 atom stereocenters. The molecule has 0 radical (unpaired) electrons. The third kappa shape index (κ3) is 3.11. The van der Waals surface area contributed by atoms with Gasteiger partial charge in [-0.05, 0) is 56.2 Å². The lowest BCUT2D eigenvalue weighted by Crippen LogP contribution is -2.02. The van der Waals surface area contributed by atoms with Gasteiger partial charge in [0, 0.05) is 34.2 Å². The van der Waals surface area contributed by atoms with Gasteiger partial charge in [-0.3, -0.25) is 9.78 Å². The van der Waals surface area contributed by atoms with E-state index in [9.17, 15) is 4.79 Å². The monoisotopic (exact) mass is 407 g/mol. The molecular weight excluding hydrogens is 401 g/mol. The summed E-state index contributed by atoms with van der Waals surface area (Å²) in [5.74, 6) is 0.138. The molecule has 0 aliphatic heterocycles. The summed E-state index contributed by atoms with van der Waals surface area (Å²) < 4.78 is 2.03. The van der Waals surface area contributed by atoms with Crippen LogP contribution in [0.4, 0.5) is 0 Å². The second kappa shape index (κ2) is 5.37. The fourth-order valence-electron chi connectivity index (χ4n) is 1.30. The molecule has 2 rings (SSSR count). The van der Waals surface area contributed by atoms with Crippen molar-refractivity contribution in [3.63, 3.8) is 0 Å². The van der Waals surface area contributed by atoms with Gasteiger partial charge < -0.3 is 0 Å². The van der Waals surface area contributed by atoms with E-state index in [1.54, 1.807) is 23.7 Å². The van der Waals surface area contributed by atoms with Crippen molar-refractivity contribution in [1.29, 1.82) is 0 Å². The third-order valence-corrected chi connectivity index (χ3v) is 4.24. The molecule has 16 heavy (non-hydrogen) atoms. The number of rotatable bonds is 3. The highest BCUT2D eigenvalue weighted by Gasteiger charge is 2.09. The fraction of sp³-hybridized carbons (Fsp3) is 0.0909. The van der Waals surface area contributed by atoms with Gasteiger partial charge in [-0.1, -0.05) is 0 Å². The SMILES string of the molecule is O=C(Cc1cncc(Br)c1)c1csc(I)c1. The van der Waals surface area contributed by atoms with E-state index in [0.29, 0.717) is 6.42 Å². The van der Waals surface area contributed by atoms with Crippen LogP contribution in [0.15, 0.2) is 34.4 Å². The number of nitrogens with zero attached hydrogens (tertiary/aromatic N) is 1. The maximum atomic E-state index is 11.9. The van der Waals surface area contributed by atoms with Gasteiger partial charge >= 0.3 is 0 Å². The number of aromatic nitrogens is 1. The molecule has 2 nitrogen and oxygen atoms in total. The van der Waals surface area contributed by atoms with Gasteiger partial charge in [0.1, 0.15) is 0 Å². The molecule has 0 amide bonds. The third-order valence-electron chi connectivity index (χ3n) is 2.02. The minimum Gasteiger partial charge on any atom is -0.294 e. The number of carbonyl (C=O) groups is 1. The van der Waals surface area contributed by atoms with Gasteiger partial charge in [-0.2, -0.15) is 0 Å². The summed E-state index contributed by atoms with van der Waals surface area (Å²) in [4.78, 5) is 15.9. The average molecular weight is 408 g/mol. The highest BCUT2D eigenvalue weighted by molar-refractivity contribution is 14.1. The summed E-state index contributed by atoms with van der Waals surface area (Å²) in [7, 11) is 0. The van der Waals surface area contributed by atoms with Crippen LogP contribution in [0.5, 0.6) is 0 Å². The van der Waals surface area contributed by atoms with Crippen LogP contribution in [0.2, 0.25) is 0 Å². The van der Waals surface area contributed by atoms with E-state index in [2.05, 4.69) is 43.5 Å². The van der Waals surface area contributed by atoms with Crippen molar-refractivity contribution in [1.82, 2.24) is 4.98 Å². The predicted octanol–water partition coefficient (Wildman–Crippen LogP) is 3.94. The van der Waals surface area contributed by atoms with Crippen LogP contribution in [0.3, 0.4) is 0 Å². The minimum absolute atomic E-state index is 0.138. The molecule has 0 unspecified atom stereocenters. The molecule has 0 N–H and O–H groups in total. The van der Waals surface area contributed by atoms with E-state index in [1.165, 1.54) is 0 Å². The quantitative estimate of drug-likeness (QED) is 0.569. The first-order valence-corrected chi connectivity index (χ1v) is 7.27. The Labute approximate surface area is 119 Å². The fourth-order valence-corrected chi connectivity index (χ4v) is 3.06. The van der Waals surface area contributed by atoms with Crippen LogP contribution >= 0.6 is 49.9 Å². The first-order chi connectivity index (χ1) is 7.65. The van der Waals surface area contributed by atoms with Crippen molar-refractivity contribution in [3.8, 4) is 0 Å². The van der Waals surface area contributed by atoms with Crippen molar-refractivity contribution < 1.29 is 4.79 Å². The Balaban J connectivity index is 2.13. The van der Waals surface area contributed by atoms with Crippen molar-refractivity contribution in [2.75, 3.05) is 0 Å². The van der Waals surface area contributed by atoms with Crippen LogP contribution < -0.4 is 0 Å². The Morgan fingerprint density at radius 3 is 2.88 bits per heavy atom. The Hall–Kier alpha value is -0.270. The molecule has 0 aromatic carbocycles. The van der Waals surface area contributed by atoms with Gasteiger partial charge in [0.05, 0.1) is 2.88 Å². The van der Waals surface area contributed by atoms with E-state index in [0.717, 1.165) is 18.5 Å². The standard InChI is InChI=1S/C11H7BrINOS/c12-9-1-7(4-14-5-9)2-10(15)8-3-11(13)16-6-8/h1,3-6H,2H2. The van der Waals surface area contributed by atoms with Crippen LogP contribution in [-0.4, -0.2) is 10.8 Å². The van der Waals surface area contributed by atoms with Gasteiger partial charge in [-0.25, -0.2) is 0 Å². The highest BCUT2D eigenvalue weighted by atomic mass is 127. The predicted molar refractivity (Wildman–Crippen MR) is 77.0 cm³/mol. The van der Waals surface area contributed by atoms with Crippen molar-refractivity contribution in [2.24, 2.45) is 0 Å². The summed E-state index contributed by atoms with van der Waals surface area (Å²) in [5.41, 5.74) is 1.72. The number of hydrogen-bond acceptors (Lipinski definition) is 3. The van der Waals surface area contributed by atoms with Gasteiger partial charge in [-0.15, -0.1) is 11.3 Å². The topological polar surface area (TPSA) is 30.0 Å². The smallest absolute Gasteiger partial charge is 0.168 e. The molecular formula is C11H7BrINOS. The molecule has 0 saturated carbocycles. The lowest BCUT2D eigenvalue weighted by molar-refractivity contribution is 0.0993. The van der Waals surface area contributed by atoms with Gasteiger partial charge in [0.2, 0.25) is 0 Å². The number of hydrogen-bond donors (Lipinski definition) is 0. The van der Waals surface area contributed by atoms with Crippen LogP contribution in [0.25, 0.3) is 0 Å². The molecule has 2 aromatic heterocycles. The first-order valence-electron chi connectivity index (χ1n) is 4.52. The summed E-state index contributed by atoms with van der Waals surface area (Å²) in [5, 5.41) is 1.90. The minimum atomic E-state index is 0.138. The first kappa shape index (κ1) is 12.2. The van der Waals surface area contributed by atoms with E-state index in [4.69, 9.17) is 0 Å². The molecule has 0 fully saturated rings. The summed E-state index contributed by atoms with van der Waals surface area (Å²) in [6.45, 7) is 0. The summed E-state index contributed by atoms with van der Waals surface area (Å²) in [6.07, 6.45) is 3.83. The Morgan fingerprint density at radius 1 is 1.44 bits per heavy atom. The molecule has 5 heteroatoms. The maximum Gasteiger partial charge on any atom is 0.168 e. The molecule has 0 aliphatic carbocycles. The number of Topliss-reactive ketones (excluding diaryl/α,β-unsaturated/α-hetero) is 1. The van der Waals surface area contributed by atoms with E-state index in [-0.39, 0.29) is 5.78 Å². The second-order valence-corrected chi connectivity index (χ2v) is 6.97. The summed E-state index contributed by atoms with van der Waals surface area (Å²) >= 11 is 7.14. The Morgan fingerprint density at radius 2 is 2.25 bits per heavy atom. The van der Waals surface area contributed by atoms with Crippen LogP contribution in [-0.2, 0) is 6.42 Å². The normalized spacial score (nSPS) is 10.4. The van der Waals surface area contributed by atoms with Crippen molar-refractivity contribution in [2.45, 2.75) is 6.42 Å². The van der Waals surface area contributed by atoms with Crippen LogP contribution in [0.1, 0.15) is 15.9 Å². The number of carbonyl (C=O) groups excluding carboxylic acids is 1. The van der Waals surface area contributed by atoms with E-state index >= 15 is 0 Å². The zero-order valence-electron chi connectivity index (χ0n) is 8.11. The molecule has 2 aromatic rings. The van der Waals surface area contributed by atoms with Crippen molar-refractivity contribution >= 4 is 55.6 Å². The number of thiophene rings is 1. The van der Waals surface area contributed by atoms with E-state index < -0.39 is 0 Å². The van der Waals surface area contributed by atoms with Gasteiger partial charge in [0.15, 0.2) is 5.78 Å². The lowest BCUT2D eigenvalue weighted by atomic mass is 10.1. The van der Waals surface area contributed by atoms with E-state index in [1.807, 2.05) is 17.5 Å². The molecule has 0 spiro atoms. The van der Waals surface area contributed by atoms with Crippen molar-refractivity contribution in [3.05, 3.63) is 48.4 Å². The average Bonchev–Trinajstić information content (AvgIpc) is 2.65. The molecule has 0 aliphatic rings. The molecule has 2 heterocycles. The lowest BCUT2D eigenvalue weighted by Gasteiger charge is -1.99. The Bertz CT molecular complexity index is 526. The second-order valence-electron chi connectivity index (χ2n) is 3.25. The molecule has 82 valence electrons. The molecule has 0 saturated heterocycles. The number of ketones is 1. The number of pyridine rings is 1. The zero-order chi connectivity index (χ0) is 11.5. The number of halogens is 2. The highest BCUT2D eigenvalue weighted by Crippen LogP contribution is 2.19. The largest absolute Gasteiger partial charge is 0.294 e. The summed E-state index contributed by atoms with van der Waals surface area (Å²) in [6, 6.07) is 3.83.